The fourth-order valence-corrected chi connectivity index (χ4v) is 5.08. The molecule has 1 aliphatic rings. The molecular formula is C24H24N2O4S. The largest absolute Gasteiger partial charge is 0.493 e. The third-order valence-electron chi connectivity index (χ3n) is 5.34. The first-order chi connectivity index (χ1) is 14.9. The number of methoxy groups -OCH3 is 2. The summed E-state index contributed by atoms with van der Waals surface area (Å²) in [5.41, 5.74) is 3.34. The van der Waals surface area contributed by atoms with Gasteiger partial charge in [-0.25, -0.2) is 0 Å². The molecule has 0 fully saturated rings. The molecule has 1 heterocycles. The molecule has 4 rings (SSSR count). The number of sulfonamides is 1. The number of aryl methyl sites for hydroxylation is 1. The molecule has 3 aromatic carbocycles. The zero-order chi connectivity index (χ0) is 22.0. The van der Waals surface area contributed by atoms with Crippen molar-refractivity contribution in [2.45, 2.75) is 24.3 Å². The van der Waals surface area contributed by atoms with Crippen LogP contribution < -0.4 is 9.47 Å². The van der Waals surface area contributed by atoms with Gasteiger partial charge in [-0.05, 0) is 42.8 Å². The van der Waals surface area contributed by atoms with Crippen LogP contribution in [0, 0.1) is 6.92 Å². The predicted octanol–water partition coefficient (Wildman–Crippen LogP) is 4.55. The molecule has 160 valence electrons. The lowest BCUT2D eigenvalue weighted by Gasteiger charge is -2.23. The van der Waals surface area contributed by atoms with Crippen LogP contribution in [-0.4, -0.2) is 32.8 Å². The second kappa shape index (κ2) is 8.43. The maximum Gasteiger partial charge on any atom is 0.279 e. The van der Waals surface area contributed by atoms with E-state index in [0.717, 1.165) is 16.7 Å². The van der Waals surface area contributed by atoms with Crippen molar-refractivity contribution in [1.82, 2.24) is 4.41 Å². The van der Waals surface area contributed by atoms with Crippen LogP contribution in [0.1, 0.15) is 29.2 Å². The average molecular weight is 437 g/mol. The molecule has 1 aliphatic heterocycles. The van der Waals surface area contributed by atoms with E-state index in [1.165, 1.54) is 4.41 Å². The number of hydrogen-bond acceptors (Lipinski definition) is 5. The normalized spacial score (nSPS) is 16.2. The number of hydrogen-bond donors (Lipinski definition) is 0. The summed E-state index contributed by atoms with van der Waals surface area (Å²) in [6.07, 6.45) is 0.449. The van der Waals surface area contributed by atoms with E-state index in [-0.39, 0.29) is 4.90 Å². The van der Waals surface area contributed by atoms with Crippen molar-refractivity contribution in [2.75, 3.05) is 14.2 Å². The summed E-state index contributed by atoms with van der Waals surface area (Å²) in [5.74, 6) is 1.17. The van der Waals surface area contributed by atoms with Gasteiger partial charge in [0.25, 0.3) is 10.0 Å². The Morgan fingerprint density at radius 3 is 2.23 bits per heavy atom. The predicted molar refractivity (Wildman–Crippen MR) is 120 cm³/mol. The Labute approximate surface area is 182 Å². The summed E-state index contributed by atoms with van der Waals surface area (Å²) in [7, 11) is -0.689. The summed E-state index contributed by atoms with van der Waals surface area (Å²) in [6, 6.07) is 21.4. The lowest BCUT2D eigenvalue weighted by molar-refractivity contribution is 0.355. The van der Waals surface area contributed by atoms with Crippen molar-refractivity contribution in [3.8, 4) is 11.5 Å². The van der Waals surface area contributed by atoms with Gasteiger partial charge in [-0.2, -0.15) is 17.9 Å². The molecule has 0 bridgehead atoms. The highest BCUT2D eigenvalue weighted by atomic mass is 32.2. The van der Waals surface area contributed by atoms with Gasteiger partial charge in [0.15, 0.2) is 11.5 Å². The highest BCUT2D eigenvalue weighted by molar-refractivity contribution is 7.89. The first-order valence-corrected chi connectivity index (χ1v) is 11.3. The molecule has 1 unspecified atom stereocenters. The van der Waals surface area contributed by atoms with E-state index >= 15 is 0 Å². The molecule has 0 N–H and O–H groups in total. The molecule has 0 aromatic heterocycles. The van der Waals surface area contributed by atoms with Gasteiger partial charge in [-0.15, -0.1) is 0 Å². The lowest BCUT2D eigenvalue weighted by atomic mass is 9.99. The van der Waals surface area contributed by atoms with E-state index in [2.05, 4.69) is 5.10 Å². The van der Waals surface area contributed by atoms with Crippen molar-refractivity contribution in [1.29, 1.82) is 0 Å². The fraction of sp³-hybridized carbons (Fsp3) is 0.208. The molecule has 0 saturated heterocycles. The Hall–Kier alpha value is -3.32. The second-order valence-electron chi connectivity index (χ2n) is 7.34. The van der Waals surface area contributed by atoms with E-state index in [0.29, 0.717) is 23.6 Å². The molecule has 7 heteroatoms. The van der Waals surface area contributed by atoms with Crippen molar-refractivity contribution in [2.24, 2.45) is 5.10 Å². The van der Waals surface area contributed by atoms with Crippen LogP contribution in [0.3, 0.4) is 0 Å². The highest BCUT2D eigenvalue weighted by Crippen LogP contribution is 2.38. The summed E-state index contributed by atoms with van der Waals surface area (Å²) in [4.78, 5) is 0.219. The standard InChI is InChI=1S/C24H24N2O4S/c1-17-9-12-20(13-10-17)31(27,28)26-22(18-7-5-4-6-8-18)16-21(25-26)19-11-14-23(29-2)24(15-19)30-3/h4-15,22H,16H2,1-3H3. The van der Waals surface area contributed by atoms with Crippen LogP contribution in [0.5, 0.6) is 11.5 Å². The molecule has 0 spiro atoms. The van der Waals surface area contributed by atoms with Crippen molar-refractivity contribution >= 4 is 15.7 Å². The van der Waals surface area contributed by atoms with Crippen molar-refractivity contribution < 1.29 is 17.9 Å². The first kappa shape index (κ1) is 20.9. The molecule has 0 amide bonds. The van der Waals surface area contributed by atoms with Gasteiger partial charge in [0.2, 0.25) is 0 Å². The van der Waals surface area contributed by atoms with Crippen LogP contribution in [-0.2, 0) is 10.0 Å². The molecular weight excluding hydrogens is 412 g/mol. The third-order valence-corrected chi connectivity index (χ3v) is 7.04. The van der Waals surface area contributed by atoms with E-state index in [1.807, 2.05) is 49.4 Å². The van der Waals surface area contributed by atoms with Gasteiger partial charge in [0.05, 0.1) is 30.9 Å². The third kappa shape index (κ3) is 4.01. The van der Waals surface area contributed by atoms with Gasteiger partial charge in [0, 0.05) is 12.0 Å². The number of nitrogens with zero attached hydrogens (tertiary/aromatic N) is 2. The van der Waals surface area contributed by atoms with Crippen LogP contribution in [0.4, 0.5) is 0 Å². The van der Waals surface area contributed by atoms with Crippen LogP contribution in [0.2, 0.25) is 0 Å². The monoisotopic (exact) mass is 436 g/mol. The minimum atomic E-state index is -3.83. The average Bonchev–Trinajstić information content (AvgIpc) is 3.26. The molecule has 0 saturated carbocycles. The highest BCUT2D eigenvalue weighted by Gasteiger charge is 2.37. The summed E-state index contributed by atoms with van der Waals surface area (Å²) in [6.45, 7) is 1.92. The van der Waals surface area contributed by atoms with Crippen LogP contribution >= 0.6 is 0 Å². The van der Waals surface area contributed by atoms with E-state index in [9.17, 15) is 8.42 Å². The van der Waals surface area contributed by atoms with E-state index in [1.54, 1.807) is 44.6 Å². The van der Waals surface area contributed by atoms with Gasteiger partial charge < -0.3 is 9.47 Å². The van der Waals surface area contributed by atoms with Crippen LogP contribution in [0.25, 0.3) is 0 Å². The number of ether oxygens (including phenoxy) is 2. The van der Waals surface area contributed by atoms with Gasteiger partial charge in [-0.3, -0.25) is 0 Å². The van der Waals surface area contributed by atoms with Gasteiger partial charge >= 0.3 is 0 Å². The number of rotatable bonds is 6. The van der Waals surface area contributed by atoms with Crippen molar-refractivity contribution in [3.05, 3.63) is 89.5 Å². The minimum absolute atomic E-state index is 0.219. The number of benzene rings is 3. The molecule has 1 atom stereocenters. The fourth-order valence-electron chi connectivity index (χ4n) is 3.64. The Morgan fingerprint density at radius 2 is 1.58 bits per heavy atom. The zero-order valence-corrected chi connectivity index (χ0v) is 18.5. The number of hydrazone groups is 1. The summed E-state index contributed by atoms with van der Waals surface area (Å²) < 4.78 is 39.0. The second-order valence-corrected chi connectivity index (χ2v) is 9.13. The maximum atomic E-state index is 13.5. The summed E-state index contributed by atoms with van der Waals surface area (Å²) in [5, 5.41) is 4.58. The maximum absolute atomic E-state index is 13.5. The first-order valence-electron chi connectivity index (χ1n) is 9.90. The van der Waals surface area contributed by atoms with E-state index in [4.69, 9.17) is 9.47 Å². The van der Waals surface area contributed by atoms with Gasteiger partial charge in [-0.1, -0.05) is 48.0 Å². The molecule has 0 radical (unpaired) electrons. The topological polar surface area (TPSA) is 68.2 Å². The van der Waals surface area contributed by atoms with Crippen LogP contribution in [0.15, 0.2) is 82.8 Å². The minimum Gasteiger partial charge on any atom is -0.493 e. The molecule has 6 nitrogen and oxygen atoms in total. The Balaban J connectivity index is 1.79. The summed E-state index contributed by atoms with van der Waals surface area (Å²) >= 11 is 0. The Morgan fingerprint density at radius 1 is 0.903 bits per heavy atom. The zero-order valence-electron chi connectivity index (χ0n) is 17.6. The molecule has 0 aliphatic carbocycles. The SMILES string of the molecule is COc1ccc(C2=NN(S(=O)(=O)c3ccc(C)cc3)C(c3ccccc3)C2)cc1OC. The molecule has 3 aromatic rings. The lowest BCUT2D eigenvalue weighted by Crippen LogP contribution is -2.27. The smallest absolute Gasteiger partial charge is 0.279 e. The Bertz CT molecular complexity index is 1210. The van der Waals surface area contributed by atoms with E-state index < -0.39 is 16.1 Å². The van der Waals surface area contributed by atoms with Crippen molar-refractivity contribution in [3.63, 3.8) is 0 Å². The quantitative estimate of drug-likeness (QED) is 0.568. The molecule has 31 heavy (non-hydrogen) atoms. The van der Waals surface area contributed by atoms with Gasteiger partial charge in [0.1, 0.15) is 0 Å². The Kier molecular flexibility index (Phi) is 5.69.